The second-order valence-corrected chi connectivity index (χ2v) is 12.3. The number of amides is 1. The molecule has 0 spiro atoms. The molecule has 0 N–H and O–H groups in total. The number of ether oxygens (including phenoxy) is 1. The first kappa shape index (κ1) is 31.2. The minimum absolute atomic E-state index is 0.0464. The molecule has 2 aliphatic heterocycles. The van der Waals surface area contributed by atoms with Gasteiger partial charge < -0.3 is 14.5 Å². The Balaban J connectivity index is 1.43. The Kier molecular flexibility index (Phi) is 9.56. The second-order valence-electron chi connectivity index (χ2n) is 11.7. The third kappa shape index (κ3) is 6.50. The van der Waals surface area contributed by atoms with Crippen molar-refractivity contribution in [3.63, 3.8) is 0 Å². The summed E-state index contributed by atoms with van der Waals surface area (Å²) in [6, 6.07) is 9.74. The van der Waals surface area contributed by atoms with Crippen LogP contribution >= 0.6 is 11.6 Å². The highest BCUT2D eigenvalue weighted by atomic mass is 35.5. The van der Waals surface area contributed by atoms with E-state index < -0.39 is 23.1 Å². The number of hydrogen-bond donors (Lipinski definition) is 0. The molecule has 1 amide bonds. The van der Waals surface area contributed by atoms with Gasteiger partial charge in [-0.05, 0) is 31.4 Å². The number of allylic oxidation sites excluding steroid dienone is 2. The highest BCUT2D eigenvalue weighted by Gasteiger charge is 2.41. The van der Waals surface area contributed by atoms with E-state index in [2.05, 4.69) is 39.2 Å². The van der Waals surface area contributed by atoms with Crippen LogP contribution in [0.4, 0.5) is 8.78 Å². The molecule has 2 aromatic rings. The first-order valence-electron chi connectivity index (χ1n) is 15.1. The van der Waals surface area contributed by atoms with Gasteiger partial charge in [-0.25, -0.2) is 13.6 Å². The number of likely N-dealkylation sites (tertiary alicyclic amines) is 1. The Morgan fingerprint density at radius 1 is 1.12 bits per heavy atom. The average Bonchev–Trinajstić information content (AvgIpc) is 3.47. The number of carbonyl (C=O) groups is 2. The van der Waals surface area contributed by atoms with Crippen molar-refractivity contribution in [1.29, 1.82) is 0 Å². The second kappa shape index (κ2) is 13.2. The van der Waals surface area contributed by atoms with Gasteiger partial charge in [-0.3, -0.25) is 14.4 Å². The third-order valence-corrected chi connectivity index (χ3v) is 9.09. The predicted molar refractivity (Wildman–Crippen MR) is 162 cm³/mol. The van der Waals surface area contributed by atoms with Crippen molar-refractivity contribution in [3.05, 3.63) is 71.2 Å². The molecule has 1 aliphatic carbocycles. The normalized spacial score (nSPS) is 23.4. The van der Waals surface area contributed by atoms with E-state index in [1.807, 2.05) is 36.9 Å². The zero-order valence-corrected chi connectivity index (χ0v) is 25.8. The molecule has 1 aromatic carbocycles. The van der Waals surface area contributed by atoms with E-state index >= 15 is 0 Å². The standard InChI is InChI=1S/C32H40ClF2N5O3/c1-4-43-31(42)26-20-36-40(28(26)29(34)35)24-11-8-14-38(21-24)27-19-32(33,13-12-25(27)23-9-6-5-7-10-23)39-17-15-37(16-18-39)30(41)22(2)3/h5-7,9-10,12-13,20,22,24,29H,4,8,11,14-19,21H2,1-3H3. The quantitative estimate of drug-likeness (QED) is 0.214. The Bertz CT molecular complexity index is 1370. The van der Waals surface area contributed by atoms with Crippen molar-refractivity contribution in [1.82, 2.24) is 24.5 Å². The molecule has 2 saturated heterocycles. The lowest BCUT2D eigenvalue weighted by molar-refractivity contribution is -0.136. The molecule has 5 rings (SSSR count). The SMILES string of the molecule is CCOC(=O)c1cnn(C2CCCN(C3=C(c4ccccc4)C=CC(Cl)(N4CCN(C(=O)C(C)C)CC4)C3)C2)c1C(F)F. The molecule has 0 saturated carbocycles. The summed E-state index contributed by atoms with van der Waals surface area (Å²) in [7, 11) is 0. The fourth-order valence-corrected chi connectivity index (χ4v) is 6.74. The van der Waals surface area contributed by atoms with Crippen LogP contribution in [-0.4, -0.2) is 87.2 Å². The van der Waals surface area contributed by atoms with Crippen molar-refractivity contribution >= 4 is 29.1 Å². The van der Waals surface area contributed by atoms with Crippen LogP contribution in [0.1, 0.15) is 74.1 Å². The number of carbonyl (C=O) groups excluding carboxylic acids is 2. The Hall–Kier alpha value is -3.24. The lowest BCUT2D eigenvalue weighted by atomic mass is 9.90. The molecular formula is C32H40ClF2N5O3. The first-order valence-corrected chi connectivity index (χ1v) is 15.5. The highest BCUT2D eigenvalue weighted by Crippen LogP contribution is 2.42. The zero-order valence-electron chi connectivity index (χ0n) is 25.0. The predicted octanol–water partition coefficient (Wildman–Crippen LogP) is 5.74. The monoisotopic (exact) mass is 615 g/mol. The van der Waals surface area contributed by atoms with Crippen LogP contribution < -0.4 is 0 Å². The summed E-state index contributed by atoms with van der Waals surface area (Å²) in [5.74, 6) is -0.679. The zero-order chi connectivity index (χ0) is 30.7. The molecule has 2 unspecified atom stereocenters. The number of alkyl halides is 3. The smallest absolute Gasteiger partial charge is 0.341 e. The molecule has 43 heavy (non-hydrogen) atoms. The first-order chi connectivity index (χ1) is 20.6. The van der Waals surface area contributed by atoms with E-state index in [1.54, 1.807) is 6.92 Å². The van der Waals surface area contributed by atoms with E-state index in [9.17, 15) is 18.4 Å². The Labute approximate surface area is 256 Å². The number of benzene rings is 1. The molecule has 2 fully saturated rings. The van der Waals surface area contributed by atoms with Gasteiger partial charge in [0.15, 0.2) is 0 Å². The fourth-order valence-electron chi connectivity index (χ4n) is 6.39. The number of rotatable bonds is 8. The van der Waals surface area contributed by atoms with Crippen LogP contribution in [-0.2, 0) is 9.53 Å². The van der Waals surface area contributed by atoms with Gasteiger partial charge in [-0.1, -0.05) is 61.9 Å². The van der Waals surface area contributed by atoms with Gasteiger partial charge in [0, 0.05) is 62.9 Å². The van der Waals surface area contributed by atoms with Gasteiger partial charge >= 0.3 is 5.97 Å². The highest BCUT2D eigenvalue weighted by molar-refractivity contribution is 6.25. The molecule has 0 radical (unpaired) electrons. The van der Waals surface area contributed by atoms with Crippen molar-refractivity contribution in [2.75, 3.05) is 45.9 Å². The summed E-state index contributed by atoms with van der Waals surface area (Å²) in [4.78, 5) is 30.6. The van der Waals surface area contributed by atoms with E-state index in [1.165, 1.54) is 10.9 Å². The number of aromatic nitrogens is 2. The number of piperazine rings is 1. The number of piperidine rings is 1. The summed E-state index contributed by atoms with van der Waals surface area (Å²) in [6.07, 6.45) is 4.40. The molecule has 2 atom stereocenters. The van der Waals surface area contributed by atoms with Gasteiger partial charge in [0.25, 0.3) is 6.43 Å². The van der Waals surface area contributed by atoms with Crippen LogP contribution in [0, 0.1) is 5.92 Å². The van der Waals surface area contributed by atoms with Crippen LogP contribution in [0.25, 0.3) is 5.57 Å². The van der Waals surface area contributed by atoms with Gasteiger partial charge in [-0.2, -0.15) is 5.10 Å². The lowest BCUT2D eigenvalue weighted by Crippen LogP contribution is -2.56. The Morgan fingerprint density at radius 3 is 2.49 bits per heavy atom. The molecular weight excluding hydrogens is 576 g/mol. The molecule has 232 valence electrons. The summed E-state index contributed by atoms with van der Waals surface area (Å²) in [5, 5.41) is 4.27. The summed E-state index contributed by atoms with van der Waals surface area (Å²) >= 11 is 7.41. The largest absolute Gasteiger partial charge is 0.462 e. The molecule has 8 nitrogen and oxygen atoms in total. The van der Waals surface area contributed by atoms with Crippen molar-refractivity contribution in [2.24, 2.45) is 5.92 Å². The van der Waals surface area contributed by atoms with E-state index in [0.29, 0.717) is 45.6 Å². The lowest BCUT2D eigenvalue weighted by Gasteiger charge is -2.47. The minimum Gasteiger partial charge on any atom is -0.462 e. The minimum atomic E-state index is -2.87. The van der Waals surface area contributed by atoms with Gasteiger partial charge in [0.05, 0.1) is 18.8 Å². The topological polar surface area (TPSA) is 70.9 Å². The summed E-state index contributed by atoms with van der Waals surface area (Å²) in [6.45, 7) is 9.32. The van der Waals surface area contributed by atoms with Crippen LogP contribution in [0.5, 0.6) is 0 Å². The molecule has 1 aromatic heterocycles. The molecule has 11 heteroatoms. The summed E-state index contributed by atoms with van der Waals surface area (Å²) in [5.41, 5.74) is 2.57. The average molecular weight is 616 g/mol. The fraction of sp³-hybridized carbons (Fsp3) is 0.531. The number of esters is 1. The van der Waals surface area contributed by atoms with Crippen LogP contribution in [0.3, 0.4) is 0 Å². The van der Waals surface area contributed by atoms with Crippen LogP contribution in [0.15, 0.2) is 54.4 Å². The maximum absolute atomic E-state index is 14.3. The van der Waals surface area contributed by atoms with E-state index in [-0.39, 0.29) is 30.0 Å². The van der Waals surface area contributed by atoms with Crippen molar-refractivity contribution in [2.45, 2.75) is 57.5 Å². The van der Waals surface area contributed by atoms with Gasteiger partial charge in [0.1, 0.15) is 16.3 Å². The molecule has 3 heterocycles. The maximum atomic E-state index is 14.3. The van der Waals surface area contributed by atoms with Crippen molar-refractivity contribution < 1.29 is 23.1 Å². The Morgan fingerprint density at radius 2 is 1.84 bits per heavy atom. The molecule has 3 aliphatic rings. The maximum Gasteiger partial charge on any atom is 0.341 e. The molecule has 0 bridgehead atoms. The summed E-state index contributed by atoms with van der Waals surface area (Å²) < 4.78 is 34.9. The van der Waals surface area contributed by atoms with E-state index in [0.717, 1.165) is 29.8 Å². The van der Waals surface area contributed by atoms with E-state index in [4.69, 9.17) is 16.3 Å². The van der Waals surface area contributed by atoms with Crippen molar-refractivity contribution in [3.8, 4) is 0 Å². The number of hydrogen-bond acceptors (Lipinski definition) is 6. The number of halogens is 3. The van der Waals surface area contributed by atoms with Gasteiger partial charge in [0.2, 0.25) is 5.91 Å². The van der Waals surface area contributed by atoms with Crippen LogP contribution in [0.2, 0.25) is 0 Å². The third-order valence-electron chi connectivity index (χ3n) is 8.59. The van der Waals surface area contributed by atoms with Gasteiger partial charge in [-0.15, -0.1) is 0 Å². The number of nitrogens with zero attached hydrogens (tertiary/aromatic N) is 5.